The Kier molecular flexibility index (Phi) is 6.79. The summed E-state index contributed by atoms with van der Waals surface area (Å²) in [4.78, 5) is 12.7. The van der Waals surface area contributed by atoms with Crippen LogP contribution in [0.3, 0.4) is 0 Å². The second kappa shape index (κ2) is 9.13. The van der Waals surface area contributed by atoms with Gasteiger partial charge in [-0.2, -0.15) is 9.41 Å². The minimum absolute atomic E-state index is 0.0914. The predicted octanol–water partition coefficient (Wildman–Crippen LogP) is 3.31. The number of amides is 1. The molecule has 0 radical (unpaired) electrons. The second-order valence-electron chi connectivity index (χ2n) is 6.35. The highest BCUT2D eigenvalue weighted by atomic mass is 35.5. The maximum atomic E-state index is 12.9. The first kappa shape index (κ1) is 21.6. The molecule has 1 saturated heterocycles. The molecule has 1 amide bonds. The Hall–Kier alpha value is -2.13. The molecule has 29 heavy (non-hydrogen) atoms. The number of nitrogens with zero attached hydrogens (tertiary/aromatic N) is 2. The fraction of sp³-hybridized carbons (Fsp3) is 0.263. The Morgan fingerprint density at radius 1 is 1.21 bits per heavy atom. The van der Waals surface area contributed by atoms with E-state index in [0.29, 0.717) is 34.2 Å². The van der Waals surface area contributed by atoms with Crippen molar-refractivity contribution in [1.29, 1.82) is 0 Å². The zero-order valence-electron chi connectivity index (χ0n) is 15.5. The standard InChI is InChI=1S/C19H19Cl2N3O4S/c1-28-18-9-6-15(21)11-13(18)12-22-23-19(25)17-3-2-10-24(17)29(26,27)16-7-4-14(20)5-8-16/h4-9,11-12,17H,2-3,10H2,1H3,(H,23,25)/b22-12-/t17-/m0/s1. The Morgan fingerprint density at radius 3 is 2.59 bits per heavy atom. The number of hydrogen-bond acceptors (Lipinski definition) is 5. The van der Waals surface area contributed by atoms with Crippen LogP contribution in [0.1, 0.15) is 18.4 Å². The molecule has 154 valence electrons. The molecule has 2 aromatic carbocycles. The van der Waals surface area contributed by atoms with E-state index < -0.39 is 22.0 Å². The number of hydrogen-bond donors (Lipinski definition) is 1. The van der Waals surface area contributed by atoms with E-state index in [1.165, 1.54) is 41.9 Å². The SMILES string of the molecule is COc1ccc(Cl)cc1/C=N\NC(=O)[C@@H]1CCCN1S(=O)(=O)c1ccc(Cl)cc1. The molecule has 1 heterocycles. The van der Waals surface area contributed by atoms with Gasteiger partial charge in [0.05, 0.1) is 18.2 Å². The van der Waals surface area contributed by atoms with Gasteiger partial charge in [-0.1, -0.05) is 23.2 Å². The molecule has 1 aliphatic rings. The van der Waals surface area contributed by atoms with Crippen LogP contribution in [0.4, 0.5) is 0 Å². The van der Waals surface area contributed by atoms with Crippen molar-refractivity contribution in [3.05, 3.63) is 58.1 Å². The van der Waals surface area contributed by atoms with Crippen LogP contribution in [-0.4, -0.2) is 44.5 Å². The molecule has 1 N–H and O–H groups in total. The maximum absolute atomic E-state index is 12.9. The zero-order valence-corrected chi connectivity index (χ0v) is 17.8. The lowest BCUT2D eigenvalue weighted by molar-refractivity contribution is -0.124. The summed E-state index contributed by atoms with van der Waals surface area (Å²) in [7, 11) is -2.31. The lowest BCUT2D eigenvalue weighted by Gasteiger charge is -2.22. The van der Waals surface area contributed by atoms with Gasteiger partial charge < -0.3 is 4.74 Å². The number of hydrazone groups is 1. The Labute approximate surface area is 179 Å². The molecule has 1 atom stereocenters. The average Bonchev–Trinajstić information content (AvgIpc) is 3.19. The second-order valence-corrected chi connectivity index (χ2v) is 9.11. The largest absolute Gasteiger partial charge is 0.496 e. The minimum atomic E-state index is -3.82. The molecule has 2 aromatic rings. The van der Waals surface area contributed by atoms with Crippen molar-refractivity contribution in [1.82, 2.24) is 9.73 Å². The van der Waals surface area contributed by atoms with Crippen molar-refractivity contribution in [2.75, 3.05) is 13.7 Å². The fourth-order valence-electron chi connectivity index (χ4n) is 3.08. The van der Waals surface area contributed by atoms with Crippen LogP contribution >= 0.6 is 23.2 Å². The van der Waals surface area contributed by atoms with E-state index in [0.717, 1.165) is 0 Å². The molecule has 0 bridgehead atoms. The van der Waals surface area contributed by atoms with Crippen LogP contribution in [0.15, 0.2) is 52.5 Å². The van der Waals surface area contributed by atoms with Gasteiger partial charge in [0, 0.05) is 22.2 Å². The summed E-state index contributed by atoms with van der Waals surface area (Å²) >= 11 is 11.8. The van der Waals surface area contributed by atoms with Crippen molar-refractivity contribution in [2.45, 2.75) is 23.8 Å². The van der Waals surface area contributed by atoms with Crippen molar-refractivity contribution in [2.24, 2.45) is 5.10 Å². The van der Waals surface area contributed by atoms with Crippen LogP contribution < -0.4 is 10.2 Å². The summed E-state index contributed by atoms with van der Waals surface area (Å²) in [6, 6.07) is 10.0. The van der Waals surface area contributed by atoms with Crippen molar-refractivity contribution in [3.63, 3.8) is 0 Å². The molecule has 3 rings (SSSR count). The number of carbonyl (C=O) groups is 1. The number of benzene rings is 2. The number of halogens is 2. The zero-order chi connectivity index (χ0) is 21.0. The van der Waals surface area contributed by atoms with Gasteiger partial charge >= 0.3 is 0 Å². The van der Waals surface area contributed by atoms with Gasteiger partial charge in [0.15, 0.2) is 0 Å². The van der Waals surface area contributed by atoms with Crippen molar-refractivity contribution >= 4 is 45.3 Å². The highest BCUT2D eigenvalue weighted by molar-refractivity contribution is 7.89. The first-order valence-electron chi connectivity index (χ1n) is 8.77. The van der Waals surface area contributed by atoms with Gasteiger partial charge in [-0.15, -0.1) is 0 Å². The quantitative estimate of drug-likeness (QED) is 0.534. The molecule has 1 aliphatic heterocycles. The van der Waals surface area contributed by atoms with Gasteiger partial charge in [-0.3, -0.25) is 4.79 Å². The average molecular weight is 456 g/mol. The van der Waals surface area contributed by atoms with E-state index in [9.17, 15) is 13.2 Å². The lowest BCUT2D eigenvalue weighted by Crippen LogP contribution is -2.44. The number of methoxy groups -OCH3 is 1. The summed E-state index contributed by atoms with van der Waals surface area (Å²) in [5, 5.41) is 4.87. The third-order valence-corrected chi connectivity index (χ3v) is 6.91. The number of carbonyl (C=O) groups excluding carboxylic acids is 1. The van der Waals surface area contributed by atoms with Crippen molar-refractivity contribution in [3.8, 4) is 5.75 Å². The van der Waals surface area contributed by atoms with Crippen molar-refractivity contribution < 1.29 is 17.9 Å². The third-order valence-electron chi connectivity index (χ3n) is 4.50. The van der Waals surface area contributed by atoms with E-state index in [1.54, 1.807) is 18.2 Å². The van der Waals surface area contributed by atoms with Crippen LogP contribution in [0.5, 0.6) is 5.75 Å². The van der Waals surface area contributed by atoms with Gasteiger partial charge in [-0.25, -0.2) is 13.8 Å². The molecule has 1 fully saturated rings. The first-order valence-corrected chi connectivity index (χ1v) is 11.0. The topological polar surface area (TPSA) is 88.1 Å². The number of nitrogens with one attached hydrogen (secondary N) is 1. The number of sulfonamides is 1. The molecule has 0 saturated carbocycles. The molecule has 0 aliphatic carbocycles. The van der Waals surface area contributed by atoms with Crippen LogP contribution in [0, 0.1) is 0 Å². The van der Waals surface area contributed by atoms with Crippen LogP contribution in [0.25, 0.3) is 0 Å². The summed E-state index contributed by atoms with van der Waals surface area (Å²) in [5.74, 6) is 0.0393. The maximum Gasteiger partial charge on any atom is 0.258 e. The summed E-state index contributed by atoms with van der Waals surface area (Å²) in [5.41, 5.74) is 2.99. The van der Waals surface area contributed by atoms with Gasteiger partial charge in [0.25, 0.3) is 5.91 Å². The Balaban J connectivity index is 1.73. The normalized spacial score (nSPS) is 17.6. The molecule has 10 heteroatoms. The minimum Gasteiger partial charge on any atom is -0.496 e. The highest BCUT2D eigenvalue weighted by Gasteiger charge is 2.39. The molecule has 0 spiro atoms. The predicted molar refractivity (Wildman–Crippen MR) is 112 cm³/mol. The van der Waals surface area contributed by atoms with Crippen LogP contribution in [-0.2, 0) is 14.8 Å². The third kappa shape index (κ3) is 4.90. The Morgan fingerprint density at radius 2 is 1.90 bits per heavy atom. The van der Waals surface area contributed by atoms with Gasteiger partial charge in [0.2, 0.25) is 10.0 Å². The molecule has 7 nitrogen and oxygen atoms in total. The number of rotatable bonds is 6. The first-order chi connectivity index (χ1) is 13.8. The summed E-state index contributed by atoms with van der Waals surface area (Å²) in [6.07, 6.45) is 2.39. The molecular formula is C19H19Cl2N3O4S. The molecule has 0 aromatic heterocycles. The summed E-state index contributed by atoms with van der Waals surface area (Å²) < 4.78 is 32.2. The van der Waals surface area contributed by atoms with E-state index in [4.69, 9.17) is 27.9 Å². The summed E-state index contributed by atoms with van der Waals surface area (Å²) in [6.45, 7) is 0.259. The van der Waals surface area contributed by atoms with E-state index in [1.807, 2.05) is 0 Å². The smallest absolute Gasteiger partial charge is 0.258 e. The molecule has 0 unspecified atom stereocenters. The Bertz CT molecular complexity index is 1030. The van der Waals surface area contributed by atoms with E-state index in [-0.39, 0.29) is 11.4 Å². The van der Waals surface area contributed by atoms with E-state index >= 15 is 0 Å². The highest BCUT2D eigenvalue weighted by Crippen LogP contribution is 2.27. The van der Waals surface area contributed by atoms with Gasteiger partial charge in [-0.05, 0) is 55.3 Å². The number of ether oxygens (including phenoxy) is 1. The van der Waals surface area contributed by atoms with Crippen LogP contribution in [0.2, 0.25) is 10.0 Å². The monoisotopic (exact) mass is 455 g/mol. The fourth-order valence-corrected chi connectivity index (χ4v) is 5.04. The molecular weight excluding hydrogens is 437 g/mol. The van der Waals surface area contributed by atoms with Gasteiger partial charge in [0.1, 0.15) is 11.8 Å². The van der Waals surface area contributed by atoms with E-state index in [2.05, 4.69) is 10.5 Å². The lowest BCUT2D eigenvalue weighted by atomic mass is 10.2.